The Balaban J connectivity index is 2.68. The molecule has 0 unspecified atom stereocenters. The molecule has 1 aromatic heterocycles. The first kappa shape index (κ1) is 12.2. The molecule has 1 heterocycles. The average Bonchev–Trinajstić information content (AvgIpc) is 2.74. The van der Waals surface area contributed by atoms with Gasteiger partial charge < -0.3 is 5.73 Å². The van der Waals surface area contributed by atoms with Gasteiger partial charge >= 0.3 is 0 Å². The topological polar surface area (TPSA) is 67.6 Å². The van der Waals surface area contributed by atoms with Gasteiger partial charge in [0.2, 0.25) is 0 Å². The summed E-state index contributed by atoms with van der Waals surface area (Å²) in [6, 6.07) is 9.62. The molecule has 0 atom stereocenters. The summed E-state index contributed by atoms with van der Waals surface area (Å²) in [7, 11) is 0. The van der Waals surface area contributed by atoms with Crippen molar-refractivity contribution in [3.63, 3.8) is 0 Å². The maximum Gasteiger partial charge on any atom is 0.101 e. The summed E-state index contributed by atoms with van der Waals surface area (Å²) in [5.74, 6) is 0. The molecule has 4 nitrogen and oxygen atoms in total. The number of nitrogen functional groups attached to an aromatic ring is 1. The van der Waals surface area contributed by atoms with Crippen molar-refractivity contribution in [3.05, 3.63) is 41.2 Å². The van der Waals surface area contributed by atoms with Gasteiger partial charge in [-0.3, -0.25) is 0 Å². The Kier molecular flexibility index (Phi) is 3.33. The number of hydrogen-bond acceptors (Lipinski definition) is 3. The molecule has 0 saturated heterocycles. The van der Waals surface area contributed by atoms with Crippen molar-refractivity contribution in [1.29, 1.82) is 5.26 Å². The maximum absolute atomic E-state index is 9.15. The van der Waals surface area contributed by atoms with Crippen molar-refractivity contribution in [3.8, 4) is 11.8 Å². The molecule has 0 saturated carbocycles. The van der Waals surface area contributed by atoms with Crippen molar-refractivity contribution < 1.29 is 0 Å². The first-order valence-electron chi connectivity index (χ1n) is 6.08. The third-order valence-electron chi connectivity index (χ3n) is 3.02. The predicted octanol–water partition coefficient (Wildman–Crippen LogP) is 2.45. The van der Waals surface area contributed by atoms with Gasteiger partial charge in [0.1, 0.15) is 6.07 Å². The number of benzene rings is 1. The average molecular weight is 240 g/mol. The van der Waals surface area contributed by atoms with Crippen LogP contribution in [-0.4, -0.2) is 9.78 Å². The van der Waals surface area contributed by atoms with Gasteiger partial charge in [-0.15, -0.1) is 0 Å². The van der Waals surface area contributed by atoms with E-state index in [1.807, 2.05) is 32.0 Å². The molecular weight excluding hydrogens is 224 g/mol. The molecule has 0 fully saturated rings. The highest BCUT2D eigenvalue weighted by Gasteiger charge is 2.15. The molecule has 4 heteroatoms. The van der Waals surface area contributed by atoms with Gasteiger partial charge in [0, 0.05) is 0 Å². The number of rotatable bonds is 3. The lowest BCUT2D eigenvalue weighted by Crippen LogP contribution is -2.04. The lowest BCUT2D eigenvalue weighted by atomic mass is 10.2. The van der Waals surface area contributed by atoms with E-state index >= 15 is 0 Å². The van der Waals surface area contributed by atoms with Crippen LogP contribution in [0.3, 0.4) is 0 Å². The predicted molar refractivity (Wildman–Crippen MR) is 71.4 cm³/mol. The van der Waals surface area contributed by atoms with Crippen molar-refractivity contribution >= 4 is 5.69 Å². The summed E-state index contributed by atoms with van der Waals surface area (Å²) >= 11 is 0. The Bertz CT molecular complexity index is 605. The van der Waals surface area contributed by atoms with E-state index in [1.165, 1.54) is 0 Å². The van der Waals surface area contributed by atoms with Crippen LogP contribution < -0.4 is 5.73 Å². The van der Waals surface area contributed by atoms with Crippen LogP contribution in [0.15, 0.2) is 24.3 Å². The van der Waals surface area contributed by atoms with Gasteiger partial charge in [-0.25, -0.2) is 4.68 Å². The van der Waals surface area contributed by atoms with Crippen LogP contribution in [-0.2, 0) is 12.8 Å². The summed E-state index contributed by atoms with van der Waals surface area (Å²) in [5.41, 5.74) is 10.1. The molecule has 0 amide bonds. The molecular formula is C14H16N4. The second-order valence-electron chi connectivity index (χ2n) is 4.05. The highest BCUT2D eigenvalue weighted by atomic mass is 15.3. The Morgan fingerprint density at radius 1 is 1.28 bits per heavy atom. The normalized spacial score (nSPS) is 10.3. The Morgan fingerprint density at radius 3 is 2.61 bits per heavy atom. The minimum absolute atomic E-state index is 0.609. The third kappa shape index (κ3) is 1.84. The van der Waals surface area contributed by atoms with E-state index in [4.69, 9.17) is 11.0 Å². The summed E-state index contributed by atoms with van der Waals surface area (Å²) in [5, 5.41) is 13.7. The molecule has 1 aromatic carbocycles. The number of aryl methyl sites for hydroxylation is 1. The quantitative estimate of drug-likeness (QED) is 0.896. The van der Waals surface area contributed by atoms with Crippen LogP contribution in [0.5, 0.6) is 0 Å². The number of hydrogen-bond donors (Lipinski definition) is 1. The van der Waals surface area contributed by atoms with Gasteiger partial charge in [0.15, 0.2) is 0 Å². The summed E-state index contributed by atoms with van der Waals surface area (Å²) in [6.07, 6.45) is 1.58. The summed E-state index contributed by atoms with van der Waals surface area (Å²) < 4.78 is 1.80. The molecule has 2 N–H and O–H groups in total. The Labute approximate surface area is 107 Å². The second-order valence-corrected chi connectivity index (χ2v) is 4.05. The van der Waals surface area contributed by atoms with Crippen LogP contribution in [0.1, 0.15) is 30.8 Å². The number of para-hydroxylation sites is 1. The first-order chi connectivity index (χ1) is 8.72. The van der Waals surface area contributed by atoms with Crippen LogP contribution >= 0.6 is 0 Å². The molecule has 0 bridgehead atoms. The van der Waals surface area contributed by atoms with E-state index in [0.717, 1.165) is 35.6 Å². The zero-order chi connectivity index (χ0) is 13.1. The van der Waals surface area contributed by atoms with Crippen molar-refractivity contribution in [1.82, 2.24) is 9.78 Å². The number of nitrogens with two attached hydrogens (primary N) is 1. The molecule has 92 valence electrons. The van der Waals surface area contributed by atoms with E-state index in [9.17, 15) is 0 Å². The van der Waals surface area contributed by atoms with E-state index in [2.05, 4.69) is 11.2 Å². The maximum atomic E-state index is 9.15. The molecule has 0 aliphatic heterocycles. The standard InChI is InChI=1S/C14H16N4/c1-3-11-14(16)12(4-2)18(17-11)13-8-6-5-7-10(13)9-15/h5-8H,3-4,16H2,1-2H3. The highest BCUT2D eigenvalue weighted by Crippen LogP contribution is 2.23. The Hall–Kier alpha value is -2.28. The summed E-state index contributed by atoms with van der Waals surface area (Å²) in [4.78, 5) is 0. The van der Waals surface area contributed by atoms with Crippen LogP contribution in [0.4, 0.5) is 5.69 Å². The van der Waals surface area contributed by atoms with Gasteiger partial charge in [0.25, 0.3) is 0 Å². The zero-order valence-corrected chi connectivity index (χ0v) is 10.6. The number of nitrogens with zero attached hydrogens (tertiary/aromatic N) is 3. The van der Waals surface area contributed by atoms with Crippen LogP contribution in [0, 0.1) is 11.3 Å². The van der Waals surface area contributed by atoms with Crippen molar-refractivity contribution in [2.45, 2.75) is 26.7 Å². The molecule has 0 aliphatic rings. The monoisotopic (exact) mass is 240 g/mol. The summed E-state index contributed by atoms with van der Waals surface area (Å²) in [6.45, 7) is 4.07. The third-order valence-corrected chi connectivity index (χ3v) is 3.02. The molecule has 0 radical (unpaired) electrons. The van der Waals surface area contributed by atoms with Crippen LogP contribution in [0.25, 0.3) is 5.69 Å². The smallest absolute Gasteiger partial charge is 0.101 e. The number of aromatic nitrogens is 2. The Morgan fingerprint density at radius 2 is 2.00 bits per heavy atom. The van der Waals surface area contributed by atoms with Gasteiger partial charge in [-0.1, -0.05) is 26.0 Å². The number of anilines is 1. The van der Waals surface area contributed by atoms with Gasteiger partial charge in [-0.05, 0) is 25.0 Å². The molecule has 0 aliphatic carbocycles. The van der Waals surface area contributed by atoms with Crippen molar-refractivity contribution in [2.24, 2.45) is 0 Å². The van der Waals surface area contributed by atoms with Crippen molar-refractivity contribution in [2.75, 3.05) is 5.73 Å². The van der Waals surface area contributed by atoms with Gasteiger partial charge in [-0.2, -0.15) is 10.4 Å². The largest absolute Gasteiger partial charge is 0.396 e. The minimum Gasteiger partial charge on any atom is -0.396 e. The molecule has 2 rings (SSSR count). The highest BCUT2D eigenvalue weighted by molar-refractivity contribution is 5.55. The second kappa shape index (κ2) is 4.92. The minimum atomic E-state index is 0.609. The van der Waals surface area contributed by atoms with E-state index in [0.29, 0.717) is 5.56 Å². The van der Waals surface area contributed by atoms with E-state index in [1.54, 1.807) is 10.7 Å². The number of nitriles is 1. The fourth-order valence-electron chi connectivity index (χ4n) is 2.07. The molecule has 2 aromatic rings. The molecule has 0 spiro atoms. The lowest BCUT2D eigenvalue weighted by Gasteiger charge is -2.07. The zero-order valence-electron chi connectivity index (χ0n) is 10.6. The fraction of sp³-hybridized carbons (Fsp3) is 0.286. The SMILES string of the molecule is CCc1nn(-c2ccccc2C#N)c(CC)c1N. The van der Waals surface area contributed by atoms with Gasteiger partial charge in [0.05, 0.1) is 28.3 Å². The first-order valence-corrected chi connectivity index (χ1v) is 6.08. The fourth-order valence-corrected chi connectivity index (χ4v) is 2.07. The van der Waals surface area contributed by atoms with Crippen LogP contribution in [0.2, 0.25) is 0 Å². The lowest BCUT2D eigenvalue weighted by molar-refractivity contribution is 0.792. The van der Waals surface area contributed by atoms with E-state index in [-0.39, 0.29) is 0 Å². The van der Waals surface area contributed by atoms with E-state index < -0.39 is 0 Å². The molecule has 18 heavy (non-hydrogen) atoms.